The summed E-state index contributed by atoms with van der Waals surface area (Å²) >= 11 is 0. The SMILES string of the molecule is NC(Cc1ccc(O)cc1)C(=O)NC(Cc1ccccc1)C(=O)NC(Cc1c[nH]c2ccccc12)C(=O)NCC(=O)O. The van der Waals surface area contributed by atoms with Crippen molar-refractivity contribution in [3.05, 3.63) is 102 Å². The molecule has 0 bridgehead atoms. The molecule has 1 aromatic heterocycles. The zero-order valence-corrected chi connectivity index (χ0v) is 22.7. The third kappa shape index (κ3) is 8.18. The van der Waals surface area contributed by atoms with E-state index in [-0.39, 0.29) is 25.0 Å². The standard InChI is InChI=1S/C31H33N5O6/c32-24(14-20-10-12-22(37)13-11-20)29(40)35-26(15-19-6-2-1-3-7-19)31(42)36-27(30(41)34-18-28(38)39)16-21-17-33-25-9-5-4-8-23(21)25/h1-13,17,24,26-27,33,37H,14-16,18,32H2,(H,34,41)(H,35,40)(H,36,42)(H,38,39). The highest BCUT2D eigenvalue weighted by Crippen LogP contribution is 2.19. The molecule has 3 amide bonds. The normalized spacial score (nSPS) is 13.1. The highest BCUT2D eigenvalue weighted by Gasteiger charge is 2.29. The fourth-order valence-electron chi connectivity index (χ4n) is 4.60. The fourth-order valence-corrected chi connectivity index (χ4v) is 4.60. The summed E-state index contributed by atoms with van der Waals surface area (Å²) in [6.45, 7) is -0.616. The molecule has 3 atom stereocenters. The van der Waals surface area contributed by atoms with Gasteiger partial charge >= 0.3 is 5.97 Å². The molecule has 0 saturated carbocycles. The Morgan fingerprint density at radius 1 is 0.738 bits per heavy atom. The minimum absolute atomic E-state index is 0.0770. The van der Waals surface area contributed by atoms with Crippen molar-refractivity contribution in [1.82, 2.24) is 20.9 Å². The van der Waals surface area contributed by atoms with Crippen molar-refractivity contribution in [3.8, 4) is 5.75 Å². The molecule has 0 aliphatic carbocycles. The van der Waals surface area contributed by atoms with E-state index in [0.29, 0.717) is 0 Å². The van der Waals surface area contributed by atoms with E-state index in [2.05, 4.69) is 20.9 Å². The molecule has 3 unspecified atom stereocenters. The van der Waals surface area contributed by atoms with E-state index in [0.717, 1.165) is 27.6 Å². The Morgan fingerprint density at radius 3 is 2.07 bits per heavy atom. The number of carboxylic acids is 1. The molecule has 0 spiro atoms. The van der Waals surface area contributed by atoms with E-state index in [9.17, 15) is 24.3 Å². The minimum atomic E-state index is -1.22. The number of H-pyrrole nitrogens is 1. The topological polar surface area (TPSA) is 187 Å². The summed E-state index contributed by atoms with van der Waals surface area (Å²) < 4.78 is 0. The number of para-hydroxylation sites is 1. The Bertz CT molecular complexity index is 1540. The van der Waals surface area contributed by atoms with Crippen molar-refractivity contribution in [3.63, 3.8) is 0 Å². The van der Waals surface area contributed by atoms with Crippen LogP contribution in [0.3, 0.4) is 0 Å². The minimum Gasteiger partial charge on any atom is -0.508 e. The largest absolute Gasteiger partial charge is 0.508 e. The van der Waals surface area contributed by atoms with Crippen LogP contribution in [0.4, 0.5) is 0 Å². The highest BCUT2D eigenvalue weighted by molar-refractivity contribution is 5.94. The van der Waals surface area contributed by atoms with Crippen LogP contribution in [0, 0.1) is 0 Å². The van der Waals surface area contributed by atoms with Crippen molar-refractivity contribution in [2.24, 2.45) is 5.73 Å². The molecule has 8 N–H and O–H groups in total. The lowest BCUT2D eigenvalue weighted by Gasteiger charge is -2.24. The lowest BCUT2D eigenvalue weighted by atomic mass is 10.0. The second kappa shape index (κ2) is 14.0. The lowest BCUT2D eigenvalue weighted by molar-refractivity contribution is -0.138. The zero-order chi connectivity index (χ0) is 30.1. The average Bonchev–Trinajstić information content (AvgIpc) is 3.39. The number of hydrogen-bond acceptors (Lipinski definition) is 6. The van der Waals surface area contributed by atoms with E-state index in [4.69, 9.17) is 10.8 Å². The molecule has 11 heteroatoms. The summed E-state index contributed by atoms with van der Waals surface area (Å²) in [6, 6.07) is 19.6. The lowest BCUT2D eigenvalue weighted by Crippen LogP contribution is -2.57. The molecule has 218 valence electrons. The number of nitrogens with two attached hydrogens (primary N) is 1. The first-order chi connectivity index (χ1) is 20.2. The first-order valence-corrected chi connectivity index (χ1v) is 13.4. The van der Waals surface area contributed by atoms with Gasteiger partial charge in [-0.3, -0.25) is 19.2 Å². The molecule has 0 fully saturated rings. The second-order valence-corrected chi connectivity index (χ2v) is 9.96. The van der Waals surface area contributed by atoms with Gasteiger partial charge in [0.1, 0.15) is 24.4 Å². The van der Waals surface area contributed by atoms with Gasteiger partial charge in [-0.1, -0.05) is 60.7 Å². The van der Waals surface area contributed by atoms with Crippen molar-refractivity contribution in [2.75, 3.05) is 6.54 Å². The molecule has 0 aliphatic heterocycles. The molecule has 42 heavy (non-hydrogen) atoms. The number of nitrogens with one attached hydrogen (secondary N) is 4. The number of fused-ring (bicyclic) bond motifs is 1. The Hall–Kier alpha value is -5.16. The van der Waals surface area contributed by atoms with E-state index in [1.54, 1.807) is 18.3 Å². The van der Waals surface area contributed by atoms with Gasteiger partial charge in [0.2, 0.25) is 17.7 Å². The maximum Gasteiger partial charge on any atom is 0.322 e. The number of aromatic nitrogens is 1. The Morgan fingerprint density at radius 2 is 1.36 bits per heavy atom. The zero-order valence-electron chi connectivity index (χ0n) is 22.7. The summed E-state index contributed by atoms with van der Waals surface area (Å²) in [7, 11) is 0. The number of rotatable bonds is 13. The van der Waals surface area contributed by atoms with Crippen molar-refractivity contribution >= 4 is 34.6 Å². The van der Waals surface area contributed by atoms with E-state index >= 15 is 0 Å². The summed E-state index contributed by atoms with van der Waals surface area (Å²) in [5.41, 5.74) is 9.26. The molecule has 11 nitrogen and oxygen atoms in total. The molecular formula is C31H33N5O6. The predicted octanol–water partition coefficient (Wildman–Crippen LogP) is 1.40. The first-order valence-electron chi connectivity index (χ1n) is 13.4. The average molecular weight is 572 g/mol. The number of amides is 3. The number of carbonyl (C=O) groups is 4. The van der Waals surface area contributed by atoms with Crippen LogP contribution in [0.2, 0.25) is 0 Å². The second-order valence-electron chi connectivity index (χ2n) is 9.96. The van der Waals surface area contributed by atoms with Crippen LogP contribution in [0.1, 0.15) is 16.7 Å². The molecular weight excluding hydrogens is 538 g/mol. The van der Waals surface area contributed by atoms with Gasteiger partial charge in [0, 0.05) is 29.9 Å². The number of aromatic amines is 1. The van der Waals surface area contributed by atoms with Crippen LogP contribution in [-0.2, 0) is 38.4 Å². The maximum atomic E-state index is 13.6. The number of carboxylic acid groups (broad SMARTS) is 1. The van der Waals surface area contributed by atoms with Crippen molar-refractivity contribution < 1.29 is 29.4 Å². The van der Waals surface area contributed by atoms with Crippen LogP contribution in [0.5, 0.6) is 5.75 Å². The van der Waals surface area contributed by atoms with Gasteiger partial charge in [0.25, 0.3) is 0 Å². The number of phenolic OH excluding ortho intramolecular Hbond substituents is 1. The maximum absolute atomic E-state index is 13.6. The number of phenols is 1. The van der Waals surface area contributed by atoms with Crippen LogP contribution in [-0.4, -0.2) is 63.6 Å². The van der Waals surface area contributed by atoms with Crippen LogP contribution in [0.25, 0.3) is 10.9 Å². The van der Waals surface area contributed by atoms with Crippen molar-refractivity contribution in [1.29, 1.82) is 0 Å². The van der Waals surface area contributed by atoms with E-state index in [1.165, 1.54) is 12.1 Å². The fraction of sp³-hybridized carbons (Fsp3) is 0.226. The quantitative estimate of drug-likeness (QED) is 0.126. The van der Waals surface area contributed by atoms with Crippen molar-refractivity contribution in [2.45, 2.75) is 37.4 Å². The molecule has 3 aromatic carbocycles. The molecule has 0 radical (unpaired) electrons. The molecule has 0 saturated heterocycles. The van der Waals surface area contributed by atoms with Crippen LogP contribution >= 0.6 is 0 Å². The van der Waals surface area contributed by atoms with Crippen LogP contribution < -0.4 is 21.7 Å². The number of aliphatic carboxylic acids is 1. The van der Waals surface area contributed by atoms with Gasteiger partial charge in [0.05, 0.1) is 6.04 Å². The Kier molecular flexibility index (Phi) is 9.90. The number of carbonyl (C=O) groups excluding carboxylic acids is 3. The van der Waals surface area contributed by atoms with Gasteiger partial charge in [-0.25, -0.2) is 0 Å². The summed E-state index contributed by atoms with van der Waals surface area (Å²) in [4.78, 5) is 54.0. The monoisotopic (exact) mass is 571 g/mol. The number of aromatic hydroxyl groups is 1. The van der Waals surface area contributed by atoms with Gasteiger partial charge in [-0.15, -0.1) is 0 Å². The van der Waals surface area contributed by atoms with Gasteiger partial charge in [-0.2, -0.15) is 0 Å². The van der Waals surface area contributed by atoms with Gasteiger partial charge in [0.15, 0.2) is 0 Å². The Labute approximate surface area is 242 Å². The molecule has 0 aliphatic rings. The summed E-state index contributed by atoms with van der Waals surface area (Å²) in [6.07, 6.45) is 2.11. The summed E-state index contributed by atoms with van der Waals surface area (Å²) in [5, 5.41) is 27.2. The molecule has 1 heterocycles. The van der Waals surface area contributed by atoms with Gasteiger partial charge < -0.3 is 36.9 Å². The highest BCUT2D eigenvalue weighted by atomic mass is 16.4. The third-order valence-corrected chi connectivity index (χ3v) is 6.79. The molecule has 4 rings (SSSR count). The van der Waals surface area contributed by atoms with Crippen LogP contribution in [0.15, 0.2) is 85.1 Å². The van der Waals surface area contributed by atoms with E-state index in [1.807, 2.05) is 54.6 Å². The molecule has 4 aromatic rings. The summed E-state index contributed by atoms with van der Waals surface area (Å²) in [5.74, 6) is -3.00. The predicted molar refractivity (Wildman–Crippen MR) is 156 cm³/mol. The number of hydrogen-bond donors (Lipinski definition) is 7. The third-order valence-electron chi connectivity index (χ3n) is 6.79. The smallest absolute Gasteiger partial charge is 0.322 e. The van der Waals surface area contributed by atoms with E-state index < -0.39 is 48.4 Å². The Balaban J connectivity index is 1.54. The number of benzene rings is 3. The van der Waals surface area contributed by atoms with Gasteiger partial charge in [-0.05, 0) is 41.3 Å². The first kappa shape index (κ1) is 29.8.